The van der Waals surface area contributed by atoms with Crippen LogP contribution in [0.15, 0.2) is 18.2 Å². The maximum absolute atomic E-state index is 8.53. The molecule has 0 heterocycles. The summed E-state index contributed by atoms with van der Waals surface area (Å²) in [5, 5.41) is 8.53. The Hall–Kier alpha value is -2.00. The Labute approximate surface area is 78.2 Å². The maximum Gasteiger partial charge on any atom is 0.226 e. The lowest BCUT2D eigenvalue weighted by Crippen LogP contribution is -1.85. The summed E-state index contributed by atoms with van der Waals surface area (Å²) in [4.78, 5) is 3.14. The quantitative estimate of drug-likeness (QED) is 0.484. The number of nitriles is 1. The minimum absolute atomic E-state index is 0.245. The summed E-state index contributed by atoms with van der Waals surface area (Å²) < 4.78 is 0. The largest absolute Gasteiger partial charge is 0.407 e. The van der Waals surface area contributed by atoms with E-state index in [2.05, 4.69) is 4.85 Å². The van der Waals surface area contributed by atoms with E-state index in [1.54, 1.807) is 18.2 Å². The van der Waals surface area contributed by atoms with Crippen LogP contribution in [0.2, 0.25) is 0 Å². The molecule has 0 spiro atoms. The highest BCUT2D eigenvalue weighted by Crippen LogP contribution is 2.25. The van der Waals surface area contributed by atoms with E-state index in [0.29, 0.717) is 11.3 Å². The van der Waals surface area contributed by atoms with Gasteiger partial charge in [-0.1, -0.05) is 32.0 Å². The standard InChI is InChI=1S/C8H5N3.C2H6/c1-11-8-6(5-9)3-2-4-7(8)10;1-2/h2-4H,10H2;1-2H3. The van der Waals surface area contributed by atoms with Gasteiger partial charge in [0, 0.05) is 5.69 Å². The minimum atomic E-state index is 0.245. The molecule has 0 saturated carbocycles. The number of hydrogen-bond acceptors (Lipinski definition) is 2. The highest BCUT2D eigenvalue weighted by Gasteiger charge is 2.03. The van der Waals surface area contributed by atoms with Crippen LogP contribution in [0.1, 0.15) is 19.4 Å². The Kier molecular flexibility index (Phi) is 4.76. The zero-order valence-corrected chi connectivity index (χ0v) is 7.70. The van der Waals surface area contributed by atoms with E-state index >= 15 is 0 Å². The molecule has 0 aliphatic carbocycles. The summed E-state index contributed by atoms with van der Waals surface area (Å²) >= 11 is 0. The first-order valence-electron chi connectivity index (χ1n) is 3.95. The second-order valence-corrected chi connectivity index (χ2v) is 1.97. The zero-order chi connectivity index (χ0) is 10.3. The summed E-state index contributed by atoms with van der Waals surface area (Å²) in [5.74, 6) is 0. The van der Waals surface area contributed by atoms with Crippen molar-refractivity contribution in [2.45, 2.75) is 13.8 Å². The number of rotatable bonds is 0. The summed E-state index contributed by atoms with van der Waals surface area (Å²) in [5.41, 5.74) is 6.38. The third kappa shape index (κ3) is 2.50. The number of nitrogen functional groups attached to an aromatic ring is 1. The third-order valence-electron chi connectivity index (χ3n) is 1.30. The van der Waals surface area contributed by atoms with Crippen molar-refractivity contribution in [2.24, 2.45) is 0 Å². The van der Waals surface area contributed by atoms with Gasteiger partial charge in [-0.15, -0.1) is 0 Å². The van der Waals surface area contributed by atoms with Crippen molar-refractivity contribution in [1.82, 2.24) is 0 Å². The molecular formula is C10H11N3. The van der Waals surface area contributed by atoms with Crippen LogP contribution in [-0.2, 0) is 0 Å². The fourth-order valence-electron chi connectivity index (χ4n) is 0.776. The van der Waals surface area contributed by atoms with Gasteiger partial charge in [0.2, 0.25) is 5.69 Å². The zero-order valence-electron chi connectivity index (χ0n) is 7.70. The van der Waals surface area contributed by atoms with E-state index in [1.807, 2.05) is 19.9 Å². The van der Waals surface area contributed by atoms with Crippen LogP contribution in [-0.4, -0.2) is 0 Å². The summed E-state index contributed by atoms with van der Waals surface area (Å²) in [7, 11) is 0. The first-order valence-corrected chi connectivity index (χ1v) is 3.95. The molecule has 0 bridgehead atoms. The lowest BCUT2D eigenvalue weighted by Gasteiger charge is -1.96. The minimum Gasteiger partial charge on any atom is -0.407 e. The molecule has 1 rings (SSSR count). The molecule has 0 aliphatic heterocycles. The fraction of sp³-hybridized carbons (Fsp3) is 0.200. The van der Waals surface area contributed by atoms with Crippen molar-refractivity contribution in [2.75, 3.05) is 5.73 Å². The molecule has 0 aliphatic rings. The van der Waals surface area contributed by atoms with Gasteiger partial charge in [0.15, 0.2) is 0 Å². The number of nitrogens with zero attached hydrogens (tertiary/aromatic N) is 2. The first kappa shape index (κ1) is 11.0. The topological polar surface area (TPSA) is 54.2 Å². The highest BCUT2D eigenvalue weighted by molar-refractivity contribution is 5.73. The molecule has 3 nitrogen and oxygen atoms in total. The van der Waals surface area contributed by atoms with Gasteiger partial charge >= 0.3 is 0 Å². The van der Waals surface area contributed by atoms with Gasteiger partial charge < -0.3 is 5.73 Å². The molecule has 1 aromatic rings. The lowest BCUT2D eigenvalue weighted by molar-refractivity contribution is 1.49. The van der Waals surface area contributed by atoms with E-state index in [1.165, 1.54) is 0 Å². The van der Waals surface area contributed by atoms with Gasteiger partial charge in [0.25, 0.3) is 0 Å². The van der Waals surface area contributed by atoms with Crippen LogP contribution in [0, 0.1) is 17.9 Å². The van der Waals surface area contributed by atoms with Crippen molar-refractivity contribution >= 4 is 11.4 Å². The van der Waals surface area contributed by atoms with E-state index < -0.39 is 0 Å². The molecule has 66 valence electrons. The van der Waals surface area contributed by atoms with Crippen molar-refractivity contribution < 1.29 is 0 Å². The van der Waals surface area contributed by atoms with Crippen LogP contribution in [0.25, 0.3) is 4.85 Å². The second-order valence-electron chi connectivity index (χ2n) is 1.97. The van der Waals surface area contributed by atoms with Gasteiger partial charge in [0.05, 0.1) is 18.2 Å². The number of nitrogens with two attached hydrogens (primary N) is 1. The number of anilines is 1. The smallest absolute Gasteiger partial charge is 0.226 e. The average Bonchev–Trinajstić information content (AvgIpc) is 2.20. The lowest BCUT2D eigenvalue weighted by atomic mass is 10.2. The SMILES string of the molecule is CC.[C-]#[N+]c1c(N)cccc1C#N. The Morgan fingerprint density at radius 3 is 2.46 bits per heavy atom. The molecule has 0 aromatic heterocycles. The van der Waals surface area contributed by atoms with Crippen LogP contribution in [0.4, 0.5) is 11.4 Å². The first-order chi connectivity index (χ1) is 6.29. The monoisotopic (exact) mass is 173 g/mol. The molecule has 13 heavy (non-hydrogen) atoms. The van der Waals surface area contributed by atoms with Crippen LogP contribution in [0.3, 0.4) is 0 Å². The second kappa shape index (κ2) is 5.62. The number of benzene rings is 1. The van der Waals surface area contributed by atoms with Crippen molar-refractivity contribution in [1.29, 1.82) is 5.26 Å². The Morgan fingerprint density at radius 2 is 2.08 bits per heavy atom. The molecule has 0 amide bonds. The predicted molar refractivity (Wildman–Crippen MR) is 53.2 cm³/mol. The van der Waals surface area contributed by atoms with Crippen molar-refractivity contribution in [3.63, 3.8) is 0 Å². The fourth-order valence-corrected chi connectivity index (χ4v) is 0.776. The Balaban J connectivity index is 0.000000671. The van der Waals surface area contributed by atoms with Crippen LogP contribution in [0.5, 0.6) is 0 Å². The maximum atomic E-state index is 8.53. The van der Waals surface area contributed by atoms with Gasteiger partial charge in [-0.25, -0.2) is 4.85 Å². The van der Waals surface area contributed by atoms with E-state index in [4.69, 9.17) is 17.6 Å². The van der Waals surface area contributed by atoms with Gasteiger partial charge in [-0.3, -0.25) is 0 Å². The highest BCUT2D eigenvalue weighted by atomic mass is 14.7. The molecular weight excluding hydrogens is 162 g/mol. The van der Waals surface area contributed by atoms with Crippen LogP contribution >= 0.6 is 0 Å². The molecule has 1 aromatic carbocycles. The average molecular weight is 173 g/mol. The van der Waals surface area contributed by atoms with Gasteiger partial charge in [-0.05, 0) is 0 Å². The summed E-state index contributed by atoms with van der Waals surface area (Å²) in [6, 6.07) is 6.73. The summed E-state index contributed by atoms with van der Waals surface area (Å²) in [6.07, 6.45) is 0. The van der Waals surface area contributed by atoms with E-state index in [9.17, 15) is 0 Å². The normalized spacial score (nSPS) is 7.38. The molecule has 0 saturated heterocycles. The molecule has 3 heteroatoms. The van der Waals surface area contributed by atoms with Crippen LogP contribution < -0.4 is 5.73 Å². The predicted octanol–water partition coefficient (Wildman–Crippen LogP) is 2.72. The molecule has 0 atom stereocenters. The van der Waals surface area contributed by atoms with E-state index in [0.717, 1.165) is 0 Å². The molecule has 0 fully saturated rings. The third-order valence-corrected chi connectivity index (χ3v) is 1.30. The number of para-hydroxylation sites is 1. The van der Waals surface area contributed by atoms with Crippen molar-refractivity contribution in [3.05, 3.63) is 35.2 Å². The number of hydrogen-bond donors (Lipinski definition) is 1. The van der Waals surface area contributed by atoms with E-state index in [-0.39, 0.29) is 5.69 Å². The van der Waals surface area contributed by atoms with Crippen molar-refractivity contribution in [3.8, 4) is 6.07 Å². The summed E-state index contributed by atoms with van der Waals surface area (Å²) in [6.45, 7) is 10.7. The van der Waals surface area contributed by atoms with Gasteiger partial charge in [-0.2, -0.15) is 5.26 Å². The molecule has 0 radical (unpaired) electrons. The Bertz CT molecular complexity index is 355. The molecule has 0 unspecified atom stereocenters. The Morgan fingerprint density at radius 1 is 1.46 bits per heavy atom. The van der Waals surface area contributed by atoms with Gasteiger partial charge in [0.1, 0.15) is 0 Å². The molecule has 2 N–H and O–H groups in total.